The molecule has 6 nitrogen and oxygen atoms in total. The summed E-state index contributed by atoms with van der Waals surface area (Å²) in [5.74, 6) is 0.974. The Morgan fingerprint density at radius 2 is 2.00 bits per heavy atom. The van der Waals surface area contributed by atoms with E-state index in [0.717, 1.165) is 45.2 Å². The topological polar surface area (TPSA) is 58.1 Å². The van der Waals surface area contributed by atoms with Gasteiger partial charge in [0.25, 0.3) is 0 Å². The van der Waals surface area contributed by atoms with E-state index in [1.807, 2.05) is 7.05 Å². The highest BCUT2D eigenvalue weighted by Gasteiger charge is 2.59. The zero-order valence-corrected chi connectivity index (χ0v) is 16.2. The zero-order valence-electron chi connectivity index (χ0n) is 16.2. The van der Waals surface area contributed by atoms with E-state index in [1.54, 1.807) is 7.11 Å². The molecule has 1 spiro atoms. The summed E-state index contributed by atoms with van der Waals surface area (Å²) in [7, 11) is 3.66. The number of guanidine groups is 1. The van der Waals surface area contributed by atoms with Crippen molar-refractivity contribution in [2.75, 3.05) is 47.0 Å². The molecule has 0 aromatic carbocycles. The van der Waals surface area contributed by atoms with Crippen LogP contribution in [0, 0.1) is 5.41 Å². The number of methoxy groups -OCH3 is 1. The lowest BCUT2D eigenvalue weighted by Gasteiger charge is -2.61. The van der Waals surface area contributed by atoms with Crippen LogP contribution in [0.5, 0.6) is 0 Å². The lowest BCUT2D eigenvalue weighted by Crippen LogP contribution is -2.69. The number of hydrogen-bond donors (Lipinski definition) is 2. The smallest absolute Gasteiger partial charge is 0.191 e. The molecule has 3 rings (SSSR count). The molecule has 0 amide bonds. The molecule has 0 bridgehead atoms. The molecule has 0 aromatic heterocycles. The van der Waals surface area contributed by atoms with E-state index >= 15 is 0 Å². The Morgan fingerprint density at radius 3 is 2.56 bits per heavy atom. The Hall–Kier alpha value is -0.850. The summed E-state index contributed by atoms with van der Waals surface area (Å²) < 4.78 is 11.1. The second-order valence-electron chi connectivity index (χ2n) is 7.79. The molecule has 2 N–H and O–H groups in total. The van der Waals surface area contributed by atoms with Gasteiger partial charge in [0.2, 0.25) is 0 Å². The monoisotopic (exact) mass is 352 g/mol. The quantitative estimate of drug-likeness (QED) is 0.538. The van der Waals surface area contributed by atoms with E-state index in [9.17, 15) is 0 Å². The Morgan fingerprint density at radius 1 is 1.24 bits per heavy atom. The lowest BCUT2D eigenvalue weighted by atomic mass is 9.51. The standard InChI is InChI=1S/C19H36N4O2/c1-4-25-17-14-16(19(17)8-5-9-19)22-18(20-2)21-15-6-10-23(11-7-15)12-13-24-3/h15-17H,4-14H2,1-3H3,(H2,20,21,22). The number of hydrogen-bond acceptors (Lipinski definition) is 4. The molecule has 144 valence electrons. The fourth-order valence-electron chi connectivity index (χ4n) is 4.69. The van der Waals surface area contributed by atoms with Crippen molar-refractivity contribution >= 4 is 5.96 Å². The predicted octanol–water partition coefficient (Wildman–Crippen LogP) is 1.61. The molecular formula is C19H36N4O2. The first-order valence-electron chi connectivity index (χ1n) is 10.0. The lowest BCUT2D eigenvalue weighted by molar-refractivity contribution is -0.168. The van der Waals surface area contributed by atoms with Crippen LogP contribution in [0.25, 0.3) is 0 Å². The van der Waals surface area contributed by atoms with Crippen molar-refractivity contribution in [3.8, 4) is 0 Å². The Balaban J connectivity index is 1.43. The minimum Gasteiger partial charge on any atom is -0.383 e. The third-order valence-electron chi connectivity index (χ3n) is 6.51. The highest BCUT2D eigenvalue weighted by atomic mass is 16.5. The van der Waals surface area contributed by atoms with E-state index in [-0.39, 0.29) is 0 Å². The number of piperidine rings is 1. The maximum Gasteiger partial charge on any atom is 0.191 e. The number of likely N-dealkylation sites (tertiary alicyclic amines) is 1. The molecule has 25 heavy (non-hydrogen) atoms. The third-order valence-corrected chi connectivity index (χ3v) is 6.51. The fourth-order valence-corrected chi connectivity index (χ4v) is 4.69. The molecule has 2 aliphatic carbocycles. The molecule has 0 radical (unpaired) electrons. The molecule has 1 aliphatic heterocycles. The first-order valence-corrected chi connectivity index (χ1v) is 10.0. The molecule has 1 heterocycles. The van der Waals surface area contributed by atoms with Crippen molar-refractivity contribution in [2.24, 2.45) is 10.4 Å². The molecule has 2 atom stereocenters. The number of rotatable bonds is 7. The van der Waals surface area contributed by atoms with Crippen molar-refractivity contribution in [2.45, 2.75) is 63.6 Å². The van der Waals surface area contributed by atoms with Gasteiger partial charge in [0.15, 0.2) is 5.96 Å². The van der Waals surface area contributed by atoms with E-state index in [0.29, 0.717) is 23.6 Å². The first kappa shape index (κ1) is 18.9. The van der Waals surface area contributed by atoms with Crippen LogP contribution >= 0.6 is 0 Å². The van der Waals surface area contributed by atoms with Crippen molar-refractivity contribution in [1.82, 2.24) is 15.5 Å². The summed E-state index contributed by atoms with van der Waals surface area (Å²) >= 11 is 0. The largest absolute Gasteiger partial charge is 0.383 e. The Bertz CT molecular complexity index is 445. The third kappa shape index (κ3) is 4.12. The highest BCUT2D eigenvalue weighted by molar-refractivity contribution is 5.80. The van der Waals surface area contributed by atoms with E-state index in [4.69, 9.17) is 9.47 Å². The van der Waals surface area contributed by atoms with Crippen molar-refractivity contribution in [1.29, 1.82) is 0 Å². The maximum absolute atomic E-state index is 5.96. The first-order chi connectivity index (χ1) is 12.2. The van der Waals surface area contributed by atoms with E-state index in [1.165, 1.54) is 32.1 Å². The van der Waals surface area contributed by atoms with Crippen LogP contribution in [0.1, 0.15) is 45.4 Å². The summed E-state index contributed by atoms with van der Waals surface area (Å²) in [5, 5.41) is 7.36. The fraction of sp³-hybridized carbons (Fsp3) is 0.947. The molecule has 3 aliphatic rings. The van der Waals surface area contributed by atoms with Gasteiger partial charge in [-0.1, -0.05) is 6.42 Å². The summed E-state index contributed by atoms with van der Waals surface area (Å²) in [6.07, 6.45) is 7.83. The van der Waals surface area contributed by atoms with Crippen LogP contribution in [0.2, 0.25) is 0 Å². The van der Waals surface area contributed by atoms with Gasteiger partial charge in [-0.05, 0) is 39.0 Å². The highest BCUT2D eigenvalue weighted by Crippen LogP contribution is 2.57. The summed E-state index contributed by atoms with van der Waals surface area (Å²) in [5.41, 5.74) is 0.372. The summed E-state index contributed by atoms with van der Waals surface area (Å²) in [6, 6.07) is 1.04. The van der Waals surface area contributed by atoms with Gasteiger partial charge in [0.05, 0.1) is 12.7 Å². The molecule has 2 unspecified atom stereocenters. The molecule has 6 heteroatoms. The van der Waals surface area contributed by atoms with E-state index in [2.05, 4.69) is 27.4 Å². The van der Waals surface area contributed by atoms with Crippen LogP contribution in [-0.4, -0.2) is 76.1 Å². The van der Waals surface area contributed by atoms with Crippen molar-refractivity contribution < 1.29 is 9.47 Å². The van der Waals surface area contributed by atoms with Gasteiger partial charge in [-0.25, -0.2) is 0 Å². The van der Waals surface area contributed by atoms with Crippen LogP contribution in [0.4, 0.5) is 0 Å². The summed E-state index contributed by atoms with van der Waals surface area (Å²) in [6.45, 7) is 7.07. The number of aliphatic imine (C=N–C) groups is 1. The van der Waals surface area contributed by atoms with Gasteiger partial charge < -0.3 is 25.0 Å². The average molecular weight is 353 g/mol. The number of nitrogens with one attached hydrogen (secondary N) is 2. The maximum atomic E-state index is 5.96. The second-order valence-corrected chi connectivity index (χ2v) is 7.79. The molecular weight excluding hydrogens is 316 g/mol. The van der Waals surface area contributed by atoms with Crippen LogP contribution in [0.15, 0.2) is 4.99 Å². The van der Waals surface area contributed by atoms with Gasteiger partial charge in [-0.3, -0.25) is 4.99 Å². The van der Waals surface area contributed by atoms with Gasteiger partial charge >= 0.3 is 0 Å². The van der Waals surface area contributed by atoms with Gasteiger partial charge in [-0.15, -0.1) is 0 Å². The van der Waals surface area contributed by atoms with E-state index < -0.39 is 0 Å². The second kappa shape index (κ2) is 8.69. The van der Waals surface area contributed by atoms with Gasteiger partial charge in [0.1, 0.15) is 0 Å². The Labute approximate surface area is 152 Å². The minimum atomic E-state index is 0.372. The van der Waals surface area contributed by atoms with Crippen LogP contribution in [-0.2, 0) is 9.47 Å². The minimum absolute atomic E-state index is 0.372. The molecule has 0 aromatic rings. The molecule has 2 saturated carbocycles. The molecule has 1 saturated heterocycles. The molecule has 3 fully saturated rings. The van der Waals surface area contributed by atoms with Crippen molar-refractivity contribution in [3.63, 3.8) is 0 Å². The number of ether oxygens (including phenoxy) is 2. The number of nitrogens with zero attached hydrogens (tertiary/aromatic N) is 2. The van der Waals surface area contributed by atoms with Crippen molar-refractivity contribution in [3.05, 3.63) is 0 Å². The zero-order chi connectivity index (χ0) is 17.7. The van der Waals surface area contributed by atoms with Crippen LogP contribution in [0.3, 0.4) is 0 Å². The predicted molar refractivity (Wildman–Crippen MR) is 101 cm³/mol. The Kier molecular flexibility index (Phi) is 6.58. The summed E-state index contributed by atoms with van der Waals surface area (Å²) in [4.78, 5) is 6.97. The van der Waals surface area contributed by atoms with Crippen LogP contribution < -0.4 is 10.6 Å². The SMILES string of the molecule is CCOC1CC(NC(=NC)NC2CCN(CCOC)CC2)C12CCC2. The average Bonchev–Trinajstić information content (AvgIpc) is 2.57. The normalized spacial score (nSPS) is 30.0. The van der Waals surface area contributed by atoms with Gasteiger partial charge in [0, 0.05) is 57.9 Å². The van der Waals surface area contributed by atoms with Gasteiger partial charge in [-0.2, -0.15) is 0 Å².